The van der Waals surface area contributed by atoms with Crippen molar-refractivity contribution < 1.29 is 19.4 Å². The number of aliphatic carboxylic acids is 1. The van der Waals surface area contributed by atoms with Crippen molar-refractivity contribution in [3.63, 3.8) is 0 Å². The number of nitrogens with one attached hydrogen (secondary N) is 2. The van der Waals surface area contributed by atoms with Crippen LogP contribution in [0, 0.1) is 20.8 Å². The number of anilines is 1. The number of ether oxygens (including phenoxy) is 1. The Kier molecular flexibility index (Phi) is 5.37. The molecule has 1 aromatic rings. The maximum Gasteiger partial charge on any atom is 0.319 e. The molecule has 110 valence electrons. The fourth-order valence-corrected chi connectivity index (χ4v) is 1.89. The number of aryl methyl sites for hydroxylation is 1. The number of urea groups is 1. The Morgan fingerprint density at radius 1 is 1.25 bits per heavy atom. The van der Waals surface area contributed by atoms with E-state index >= 15 is 0 Å². The lowest BCUT2D eigenvalue weighted by atomic mass is 10.0. The lowest BCUT2D eigenvalue weighted by Gasteiger charge is -2.17. The third kappa shape index (κ3) is 3.88. The predicted octanol–water partition coefficient (Wildman–Crippen LogP) is 2.22. The molecule has 1 aromatic carbocycles. The fourth-order valence-electron chi connectivity index (χ4n) is 1.89. The topological polar surface area (TPSA) is 87.7 Å². The zero-order valence-corrected chi connectivity index (χ0v) is 12.2. The summed E-state index contributed by atoms with van der Waals surface area (Å²) in [6, 6.07) is 1.44. The lowest BCUT2D eigenvalue weighted by molar-refractivity contribution is -0.136. The Hall–Kier alpha value is -2.24. The van der Waals surface area contributed by atoms with Gasteiger partial charge in [-0.25, -0.2) is 4.79 Å². The lowest BCUT2D eigenvalue weighted by Crippen LogP contribution is -2.31. The Balaban J connectivity index is 2.80. The Bertz CT molecular complexity index is 526. The summed E-state index contributed by atoms with van der Waals surface area (Å²) in [6.07, 6.45) is -0.104. The van der Waals surface area contributed by atoms with Gasteiger partial charge in [-0.1, -0.05) is 0 Å². The normalized spacial score (nSPS) is 10.0. The van der Waals surface area contributed by atoms with E-state index in [2.05, 4.69) is 10.6 Å². The van der Waals surface area contributed by atoms with Crippen LogP contribution in [0.2, 0.25) is 0 Å². The SMILES string of the molecule is COc1cc(C)c(NC(=O)NCCC(=O)O)c(C)c1C. The molecule has 0 saturated carbocycles. The van der Waals surface area contributed by atoms with E-state index in [4.69, 9.17) is 9.84 Å². The molecule has 0 bridgehead atoms. The van der Waals surface area contributed by atoms with Gasteiger partial charge in [-0.3, -0.25) is 4.79 Å². The van der Waals surface area contributed by atoms with Crippen molar-refractivity contribution in [3.8, 4) is 5.75 Å². The number of hydrogen-bond acceptors (Lipinski definition) is 3. The van der Waals surface area contributed by atoms with E-state index in [9.17, 15) is 9.59 Å². The summed E-state index contributed by atoms with van der Waals surface area (Å²) in [6.45, 7) is 5.79. The average molecular weight is 280 g/mol. The van der Waals surface area contributed by atoms with Crippen molar-refractivity contribution >= 4 is 17.7 Å². The van der Waals surface area contributed by atoms with Gasteiger partial charge in [0.1, 0.15) is 5.75 Å². The van der Waals surface area contributed by atoms with Crippen LogP contribution < -0.4 is 15.4 Å². The minimum Gasteiger partial charge on any atom is -0.496 e. The number of rotatable bonds is 5. The van der Waals surface area contributed by atoms with Gasteiger partial charge < -0.3 is 20.5 Å². The average Bonchev–Trinajstić information content (AvgIpc) is 2.38. The molecule has 6 heteroatoms. The molecule has 0 atom stereocenters. The van der Waals surface area contributed by atoms with E-state index in [0.29, 0.717) is 0 Å². The van der Waals surface area contributed by atoms with Crippen molar-refractivity contribution in [3.05, 3.63) is 22.8 Å². The highest BCUT2D eigenvalue weighted by Gasteiger charge is 2.13. The van der Waals surface area contributed by atoms with E-state index in [-0.39, 0.29) is 13.0 Å². The number of benzene rings is 1. The first-order valence-electron chi connectivity index (χ1n) is 6.28. The summed E-state index contributed by atoms with van der Waals surface area (Å²) in [5.41, 5.74) is 3.49. The van der Waals surface area contributed by atoms with E-state index in [1.807, 2.05) is 26.8 Å². The third-order valence-electron chi connectivity index (χ3n) is 3.13. The van der Waals surface area contributed by atoms with Crippen LogP contribution in [-0.4, -0.2) is 30.8 Å². The van der Waals surface area contributed by atoms with E-state index < -0.39 is 12.0 Å². The van der Waals surface area contributed by atoms with Crippen molar-refractivity contribution in [1.82, 2.24) is 5.32 Å². The maximum absolute atomic E-state index is 11.7. The second kappa shape index (κ2) is 6.79. The van der Waals surface area contributed by atoms with Crippen LogP contribution in [0.3, 0.4) is 0 Å². The number of carbonyl (C=O) groups excluding carboxylic acids is 1. The maximum atomic E-state index is 11.7. The van der Waals surface area contributed by atoms with E-state index in [1.165, 1.54) is 0 Å². The van der Waals surface area contributed by atoms with E-state index in [1.54, 1.807) is 7.11 Å². The van der Waals surface area contributed by atoms with Crippen LogP contribution in [0.4, 0.5) is 10.5 Å². The number of hydrogen-bond donors (Lipinski definition) is 3. The van der Waals surface area contributed by atoms with Crippen LogP contribution >= 0.6 is 0 Å². The Morgan fingerprint density at radius 3 is 2.45 bits per heavy atom. The monoisotopic (exact) mass is 280 g/mol. The molecular weight excluding hydrogens is 260 g/mol. The summed E-state index contributed by atoms with van der Waals surface area (Å²) in [4.78, 5) is 22.1. The largest absolute Gasteiger partial charge is 0.496 e. The number of carboxylic acids is 1. The molecule has 2 amide bonds. The number of methoxy groups -OCH3 is 1. The summed E-state index contributed by atoms with van der Waals surface area (Å²) in [7, 11) is 1.60. The van der Waals surface area contributed by atoms with Gasteiger partial charge >= 0.3 is 12.0 Å². The van der Waals surface area contributed by atoms with Crippen LogP contribution in [0.1, 0.15) is 23.1 Å². The second-order valence-electron chi connectivity index (χ2n) is 4.55. The molecule has 1 rings (SSSR count). The van der Waals surface area contributed by atoms with Gasteiger partial charge in [-0.15, -0.1) is 0 Å². The van der Waals surface area contributed by atoms with Gasteiger partial charge in [0.25, 0.3) is 0 Å². The minimum absolute atomic E-state index is 0.0917. The van der Waals surface area contributed by atoms with Crippen LogP contribution in [0.15, 0.2) is 6.07 Å². The number of carboxylic acid groups (broad SMARTS) is 1. The zero-order valence-electron chi connectivity index (χ0n) is 12.2. The van der Waals surface area contributed by atoms with Gasteiger partial charge in [0, 0.05) is 12.2 Å². The minimum atomic E-state index is -0.946. The number of carbonyl (C=O) groups is 2. The quantitative estimate of drug-likeness (QED) is 0.771. The Labute approximate surface area is 118 Å². The summed E-state index contributed by atoms with van der Waals surface area (Å²) >= 11 is 0. The molecule has 0 unspecified atom stereocenters. The van der Waals surface area contributed by atoms with Crippen molar-refractivity contribution in [2.75, 3.05) is 19.0 Å². The second-order valence-corrected chi connectivity index (χ2v) is 4.55. The van der Waals surface area contributed by atoms with Gasteiger partial charge in [-0.2, -0.15) is 0 Å². The Morgan fingerprint density at radius 2 is 1.90 bits per heavy atom. The first-order valence-corrected chi connectivity index (χ1v) is 6.28. The van der Waals surface area contributed by atoms with Crippen LogP contribution in [0.5, 0.6) is 5.75 Å². The molecule has 0 aliphatic rings. The molecule has 6 nitrogen and oxygen atoms in total. The third-order valence-corrected chi connectivity index (χ3v) is 3.13. The summed E-state index contributed by atoms with van der Waals surface area (Å²) in [5.74, 6) is -0.171. The molecule has 0 aliphatic heterocycles. The first-order chi connectivity index (χ1) is 9.36. The van der Waals surface area contributed by atoms with Gasteiger partial charge in [0.15, 0.2) is 0 Å². The zero-order chi connectivity index (χ0) is 15.3. The van der Waals surface area contributed by atoms with Crippen molar-refractivity contribution in [2.45, 2.75) is 27.2 Å². The molecule has 0 heterocycles. The first kappa shape index (κ1) is 15.8. The van der Waals surface area contributed by atoms with Crippen molar-refractivity contribution in [2.24, 2.45) is 0 Å². The predicted molar refractivity (Wildman–Crippen MR) is 76.5 cm³/mol. The molecule has 0 saturated heterocycles. The van der Waals surface area contributed by atoms with Crippen LogP contribution in [-0.2, 0) is 4.79 Å². The molecule has 3 N–H and O–H groups in total. The highest BCUT2D eigenvalue weighted by molar-refractivity contribution is 5.91. The van der Waals surface area contributed by atoms with E-state index in [0.717, 1.165) is 28.1 Å². The smallest absolute Gasteiger partial charge is 0.319 e. The highest BCUT2D eigenvalue weighted by Crippen LogP contribution is 2.30. The summed E-state index contributed by atoms with van der Waals surface area (Å²) < 4.78 is 5.26. The molecule has 0 spiro atoms. The molecule has 0 radical (unpaired) electrons. The van der Waals surface area contributed by atoms with Crippen LogP contribution in [0.25, 0.3) is 0 Å². The highest BCUT2D eigenvalue weighted by atomic mass is 16.5. The molecule has 20 heavy (non-hydrogen) atoms. The molecule has 0 aliphatic carbocycles. The molecule has 0 aromatic heterocycles. The number of amides is 2. The van der Waals surface area contributed by atoms with Gasteiger partial charge in [0.05, 0.1) is 13.5 Å². The molecule has 0 fully saturated rings. The van der Waals surface area contributed by atoms with Gasteiger partial charge in [-0.05, 0) is 43.5 Å². The summed E-state index contributed by atoms with van der Waals surface area (Å²) in [5, 5.41) is 13.8. The molecular formula is C14H20N2O4. The standard InChI is InChI=1S/C14H20N2O4/c1-8-7-11(20-4)9(2)10(3)13(8)16-14(19)15-6-5-12(17)18/h7H,5-6H2,1-4H3,(H,17,18)(H2,15,16,19). The van der Waals surface area contributed by atoms with Gasteiger partial charge in [0.2, 0.25) is 0 Å². The fraction of sp³-hybridized carbons (Fsp3) is 0.429. The van der Waals surface area contributed by atoms with Crippen molar-refractivity contribution in [1.29, 1.82) is 0 Å².